The molecule has 0 aliphatic carbocycles. The third kappa shape index (κ3) is 4.55. The van der Waals surface area contributed by atoms with Gasteiger partial charge in [0.2, 0.25) is 5.89 Å². The molecule has 0 atom stereocenters. The van der Waals surface area contributed by atoms with Crippen molar-refractivity contribution in [2.24, 2.45) is 5.11 Å². The zero-order chi connectivity index (χ0) is 24.7. The quantitative estimate of drug-likeness (QED) is 0.192. The van der Waals surface area contributed by atoms with Crippen molar-refractivity contribution < 1.29 is 35.6 Å². The standard InChI is InChI=1S/C21H13F6N5O2/c22-17-6-12(19(33)32-9-20(23,24)10-32)2-3-14(17)11-1-4-15(16(5-11)21(25,26)27)18-29-7-13(34-18)8-30-31-28/h1-7H,8-10H2. The van der Waals surface area contributed by atoms with E-state index in [1.165, 1.54) is 6.07 Å². The third-order valence-electron chi connectivity index (χ3n) is 5.06. The summed E-state index contributed by atoms with van der Waals surface area (Å²) in [6, 6.07) is 6.06. The van der Waals surface area contributed by atoms with Crippen LogP contribution in [0.5, 0.6) is 0 Å². The van der Waals surface area contributed by atoms with Gasteiger partial charge in [-0.1, -0.05) is 17.2 Å². The molecule has 1 aliphatic rings. The minimum atomic E-state index is -4.85. The van der Waals surface area contributed by atoms with Gasteiger partial charge in [-0.2, -0.15) is 13.2 Å². The van der Waals surface area contributed by atoms with Crippen LogP contribution in [0.15, 0.2) is 52.1 Å². The van der Waals surface area contributed by atoms with Gasteiger partial charge in [0.05, 0.1) is 31.4 Å². The van der Waals surface area contributed by atoms with Gasteiger partial charge in [0.15, 0.2) is 0 Å². The molecule has 176 valence electrons. The molecule has 1 amide bonds. The van der Waals surface area contributed by atoms with Gasteiger partial charge in [-0.05, 0) is 35.4 Å². The monoisotopic (exact) mass is 481 g/mol. The van der Waals surface area contributed by atoms with Gasteiger partial charge in [0.1, 0.15) is 11.6 Å². The van der Waals surface area contributed by atoms with Crippen molar-refractivity contribution >= 4 is 5.91 Å². The largest absolute Gasteiger partial charge is 0.441 e. The molecule has 0 bridgehead atoms. The third-order valence-corrected chi connectivity index (χ3v) is 5.06. The molecule has 4 rings (SSSR count). The summed E-state index contributed by atoms with van der Waals surface area (Å²) >= 11 is 0. The fourth-order valence-electron chi connectivity index (χ4n) is 3.46. The summed E-state index contributed by atoms with van der Waals surface area (Å²) in [6.45, 7) is -1.80. The number of hydrogen-bond donors (Lipinski definition) is 0. The Kier molecular flexibility index (Phi) is 5.74. The molecule has 1 fully saturated rings. The number of aromatic nitrogens is 1. The zero-order valence-electron chi connectivity index (χ0n) is 17.0. The van der Waals surface area contributed by atoms with Gasteiger partial charge >= 0.3 is 6.18 Å². The highest BCUT2D eigenvalue weighted by Crippen LogP contribution is 2.40. The summed E-state index contributed by atoms with van der Waals surface area (Å²) < 4.78 is 87.2. The first-order valence-electron chi connectivity index (χ1n) is 9.63. The number of azide groups is 1. The lowest BCUT2D eigenvalue weighted by Crippen LogP contribution is -2.58. The number of rotatable bonds is 5. The van der Waals surface area contributed by atoms with Gasteiger partial charge in [-0.15, -0.1) is 0 Å². The molecule has 7 nitrogen and oxygen atoms in total. The highest BCUT2D eigenvalue weighted by molar-refractivity contribution is 5.95. The van der Waals surface area contributed by atoms with Crippen LogP contribution in [-0.4, -0.2) is 34.8 Å². The average molecular weight is 481 g/mol. The van der Waals surface area contributed by atoms with Crippen LogP contribution in [0.25, 0.3) is 33.0 Å². The van der Waals surface area contributed by atoms with Crippen molar-refractivity contribution in [2.75, 3.05) is 13.1 Å². The van der Waals surface area contributed by atoms with Crippen LogP contribution in [0.4, 0.5) is 26.3 Å². The molecule has 0 radical (unpaired) electrons. The number of halogens is 6. The molecule has 2 heterocycles. The number of nitrogens with zero attached hydrogens (tertiary/aromatic N) is 5. The molecular formula is C21H13F6N5O2. The van der Waals surface area contributed by atoms with E-state index < -0.39 is 48.0 Å². The Morgan fingerprint density at radius 1 is 1.18 bits per heavy atom. The van der Waals surface area contributed by atoms with E-state index >= 15 is 0 Å². The fourth-order valence-corrected chi connectivity index (χ4v) is 3.46. The van der Waals surface area contributed by atoms with Gasteiger partial charge in [0.25, 0.3) is 11.8 Å². The molecule has 34 heavy (non-hydrogen) atoms. The summed E-state index contributed by atoms with van der Waals surface area (Å²) in [6.07, 6.45) is -3.72. The maximum absolute atomic E-state index is 14.7. The van der Waals surface area contributed by atoms with Crippen LogP contribution >= 0.6 is 0 Å². The molecular weight excluding hydrogens is 468 g/mol. The first kappa shape index (κ1) is 23.2. The summed E-state index contributed by atoms with van der Waals surface area (Å²) in [4.78, 5) is 19.4. The van der Waals surface area contributed by atoms with E-state index in [0.29, 0.717) is 6.07 Å². The maximum Gasteiger partial charge on any atom is 0.417 e. The number of hydrogen-bond acceptors (Lipinski definition) is 4. The molecule has 1 saturated heterocycles. The fraction of sp³-hybridized carbons (Fsp3) is 0.238. The minimum absolute atomic E-state index is 0.0521. The number of amides is 1. The normalized spacial score (nSPS) is 14.9. The predicted octanol–water partition coefficient (Wildman–Crippen LogP) is 6.07. The highest BCUT2D eigenvalue weighted by atomic mass is 19.4. The van der Waals surface area contributed by atoms with Crippen molar-refractivity contribution in [3.05, 3.63) is 75.7 Å². The number of alkyl halides is 5. The SMILES string of the molecule is [N-]=[N+]=NCc1cnc(-c2ccc(-c3ccc(C(=O)N4CC(F)(F)C4)cc3F)cc2C(F)(F)F)o1. The summed E-state index contributed by atoms with van der Waals surface area (Å²) in [5.74, 6) is -5.10. The van der Waals surface area contributed by atoms with Crippen LogP contribution in [0.1, 0.15) is 21.7 Å². The summed E-state index contributed by atoms with van der Waals surface area (Å²) in [5.41, 5.74) is 6.23. The molecule has 13 heteroatoms. The second-order valence-electron chi connectivity index (χ2n) is 7.49. The average Bonchev–Trinajstić information content (AvgIpc) is 3.23. The number of oxazole rings is 1. The Bertz CT molecular complexity index is 1310. The van der Waals surface area contributed by atoms with E-state index in [1.54, 1.807) is 0 Å². The number of benzene rings is 2. The number of carbonyl (C=O) groups is 1. The van der Waals surface area contributed by atoms with Crippen LogP contribution in [0, 0.1) is 5.82 Å². The lowest BCUT2D eigenvalue weighted by atomic mass is 9.97. The molecule has 0 spiro atoms. The lowest BCUT2D eigenvalue weighted by molar-refractivity contribution is -0.137. The molecule has 3 aromatic rings. The van der Waals surface area contributed by atoms with Crippen molar-refractivity contribution in [1.29, 1.82) is 0 Å². The predicted molar refractivity (Wildman–Crippen MR) is 106 cm³/mol. The topological polar surface area (TPSA) is 95.1 Å². The first-order valence-corrected chi connectivity index (χ1v) is 9.63. The van der Waals surface area contributed by atoms with E-state index in [4.69, 9.17) is 9.95 Å². The van der Waals surface area contributed by atoms with Crippen molar-refractivity contribution in [3.8, 4) is 22.6 Å². The van der Waals surface area contributed by atoms with Crippen molar-refractivity contribution in [1.82, 2.24) is 9.88 Å². The molecule has 1 aromatic heterocycles. The van der Waals surface area contributed by atoms with Crippen LogP contribution in [0.3, 0.4) is 0 Å². The first-order chi connectivity index (χ1) is 16.0. The number of carbonyl (C=O) groups excluding carboxylic acids is 1. The Morgan fingerprint density at radius 2 is 1.88 bits per heavy atom. The van der Waals surface area contributed by atoms with Gasteiger partial charge in [0, 0.05) is 21.6 Å². The summed E-state index contributed by atoms with van der Waals surface area (Å²) in [5, 5.41) is 3.25. The van der Waals surface area contributed by atoms with E-state index in [-0.39, 0.29) is 34.9 Å². The molecule has 0 saturated carbocycles. The van der Waals surface area contributed by atoms with E-state index in [9.17, 15) is 31.1 Å². The molecule has 1 aliphatic heterocycles. The highest BCUT2D eigenvalue weighted by Gasteiger charge is 2.46. The maximum atomic E-state index is 14.7. The second-order valence-corrected chi connectivity index (χ2v) is 7.49. The van der Waals surface area contributed by atoms with E-state index in [2.05, 4.69) is 15.0 Å². The van der Waals surface area contributed by atoms with Crippen molar-refractivity contribution in [3.63, 3.8) is 0 Å². The molecule has 0 N–H and O–H groups in total. The van der Waals surface area contributed by atoms with Gasteiger partial charge in [-0.25, -0.2) is 18.2 Å². The molecule has 0 unspecified atom stereocenters. The lowest BCUT2D eigenvalue weighted by Gasteiger charge is -2.38. The Hall–Kier alpha value is -3.99. The second kappa shape index (κ2) is 8.41. The van der Waals surface area contributed by atoms with Gasteiger partial charge < -0.3 is 9.32 Å². The van der Waals surface area contributed by atoms with Gasteiger partial charge in [-0.3, -0.25) is 4.79 Å². The van der Waals surface area contributed by atoms with E-state index in [1.807, 2.05) is 0 Å². The smallest absolute Gasteiger partial charge is 0.417 e. The minimum Gasteiger partial charge on any atom is -0.441 e. The van der Waals surface area contributed by atoms with Crippen molar-refractivity contribution in [2.45, 2.75) is 18.6 Å². The molecule has 2 aromatic carbocycles. The van der Waals surface area contributed by atoms with E-state index in [0.717, 1.165) is 35.4 Å². The number of likely N-dealkylation sites (tertiary alicyclic amines) is 1. The van der Waals surface area contributed by atoms with Crippen LogP contribution in [-0.2, 0) is 12.7 Å². The van der Waals surface area contributed by atoms with Crippen LogP contribution in [0.2, 0.25) is 0 Å². The Balaban J connectivity index is 1.67. The van der Waals surface area contributed by atoms with Crippen LogP contribution < -0.4 is 0 Å². The zero-order valence-corrected chi connectivity index (χ0v) is 17.0. The Morgan fingerprint density at radius 3 is 2.50 bits per heavy atom. The Labute approximate surface area is 187 Å². The summed E-state index contributed by atoms with van der Waals surface area (Å²) in [7, 11) is 0.